The minimum Gasteiger partial charge on any atom is -0.512 e. The van der Waals surface area contributed by atoms with Crippen LogP contribution in [0.15, 0.2) is 35.6 Å². The molecule has 24 heavy (non-hydrogen) atoms. The highest BCUT2D eigenvalue weighted by molar-refractivity contribution is 5.89. The number of carbonyl (C=O) groups is 1. The molecule has 0 amide bonds. The molecule has 0 aliphatic carbocycles. The van der Waals surface area contributed by atoms with Gasteiger partial charge in [-0.1, -0.05) is 12.1 Å². The van der Waals surface area contributed by atoms with Crippen LogP contribution in [0.25, 0.3) is 0 Å². The van der Waals surface area contributed by atoms with Gasteiger partial charge in [-0.2, -0.15) is 0 Å². The van der Waals surface area contributed by atoms with Crippen molar-refractivity contribution in [2.24, 2.45) is 5.92 Å². The van der Waals surface area contributed by atoms with Crippen LogP contribution in [-0.2, 0) is 16.0 Å². The van der Waals surface area contributed by atoms with Crippen LogP contribution in [-0.4, -0.2) is 48.6 Å². The number of esters is 1. The molecule has 1 aromatic carbocycles. The maximum Gasteiger partial charge on any atom is 0.337 e. The molecule has 1 heterocycles. The normalized spacial score (nSPS) is 24.4. The van der Waals surface area contributed by atoms with Gasteiger partial charge in [0.05, 0.1) is 25.4 Å². The van der Waals surface area contributed by atoms with E-state index in [0.29, 0.717) is 13.0 Å². The number of benzene rings is 1. The van der Waals surface area contributed by atoms with Gasteiger partial charge in [0.15, 0.2) is 0 Å². The topological polar surface area (TPSA) is 88.0 Å². The standard InChI is InChI=1S/C18H25NO5/c1-4-24-18(22)16(11(2)20)14-10-19-15(17(14)21)9-12-5-7-13(23-3)8-6-12/h5-8,14-15,17,19-21H,4,9-10H2,1-3H3/b16-11-. The zero-order valence-electron chi connectivity index (χ0n) is 14.3. The summed E-state index contributed by atoms with van der Waals surface area (Å²) in [4.78, 5) is 12.1. The fourth-order valence-electron chi connectivity index (χ4n) is 3.06. The van der Waals surface area contributed by atoms with Crippen LogP contribution in [0.4, 0.5) is 0 Å². The molecule has 3 atom stereocenters. The van der Waals surface area contributed by atoms with Gasteiger partial charge in [-0.05, 0) is 38.0 Å². The summed E-state index contributed by atoms with van der Waals surface area (Å²) in [5, 5.41) is 23.7. The Morgan fingerprint density at radius 3 is 2.54 bits per heavy atom. The van der Waals surface area contributed by atoms with Crippen molar-refractivity contribution in [1.82, 2.24) is 5.32 Å². The number of carbonyl (C=O) groups excluding carboxylic acids is 1. The fraction of sp³-hybridized carbons (Fsp3) is 0.500. The first-order chi connectivity index (χ1) is 11.5. The number of ether oxygens (including phenoxy) is 2. The van der Waals surface area contributed by atoms with Crippen molar-refractivity contribution in [1.29, 1.82) is 0 Å². The van der Waals surface area contributed by atoms with Crippen molar-refractivity contribution >= 4 is 5.97 Å². The van der Waals surface area contributed by atoms with Gasteiger partial charge in [-0.25, -0.2) is 4.79 Å². The van der Waals surface area contributed by atoms with E-state index in [0.717, 1.165) is 11.3 Å². The van der Waals surface area contributed by atoms with Gasteiger partial charge in [0.25, 0.3) is 0 Å². The van der Waals surface area contributed by atoms with E-state index in [1.54, 1.807) is 14.0 Å². The molecule has 0 saturated carbocycles. The molecule has 1 fully saturated rings. The molecular formula is C18H25NO5. The monoisotopic (exact) mass is 335 g/mol. The van der Waals surface area contributed by atoms with E-state index in [1.165, 1.54) is 6.92 Å². The Morgan fingerprint density at radius 2 is 2.00 bits per heavy atom. The van der Waals surface area contributed by atoms with Crippen molar-refractivity contribution in [2.45, 2.75) is 32.4 Å². The van der Waals surface area contributed by atoms with Gasteiger partial charge in [-0.15, -0.1) is 0 Å². The first kappa shape index (κ1) is 18.3. The molecule has 1 aromatic rings. The quantitative estimate of drug-likeness (QED) is 0.416. The third-order valence-electron chi connectivity index (χ3n) is 4.30. The molecule has 1 aliphatic rings. The summed E-state index contributed by atoms with van der Waals surface area (Å²) in [5.41, 5.74) is 1.20. The average Bonchev–Trinajstić information content (AvgIpc) is 2.89. The Balaban J connectivity index is 2.09. The fourth-order valence-corrected chi connectivity index (χ4v) is 3.06. The second kappa shape index (κ2) is 8.17. The molecule has 2 rings (SSSR count). The second-order valence-corrected chi connectivity index (χ2v) is 5.88. The van der Waals surface area contributed by atoms with Crippen LogP contribution in [0.5, 0.6) is 5.75 Å². The van der Waals surface area contributed by atoms with E-state index in [-0.39, 0.29) is 24.0 Å². The van der Waals surface area contributed by atoms with E-state index in [1.807, 2.05) is 24.3 Å². The molecule has 1 saturated heterocycles. The summed E-state index contributed by atoms with van der Waals surface area (Å²) >= 11 is 0. The molecule has 0 bridgehead atoms. The van der Waals surface area contributed by atoms with Crippen LogP contribution < -0.4 is 10.1 Å². The van der Waals surface area contributed by atoms with Crippen LogP contribution in [0.3, 0.4) is 0 Å². The summed E-state index contributed by atoms with van der Waals surface area (Å²) in [6.45, 7) is 3.78. The molecule has 0 aromatic heterocycles. The molecule has 0 spiro atoms. The van der Waals surface area contributed by atoms with Crippen molar-refractivity contribution in [2.75, 3.05) is 20.3 Å². The Kier molecular flexibility index (Phi) is 6.23. The third kappa shape index (κ3) is 4.07. The highest BCUT2D eigenvalue weighted by Gasteiger charge is 2.40. The van der Waals surface area contributed by atoms with Crippen LogP contribution in [0.2, 0.25) is 0 Å². The molecule has 3 N–H and O–H groups in total. The van der Waals surface area contributed by atoms with Crippen molar-refractivity contribution < 1.29 is 24.5 Å². The van der Waals surface area contributed by atoms with Crippen molar-refractivity contribution in [3.63, 3.8) is 0 Å². The Labute approximate surface area is 142 Å². The first-order valence-corrected chi connectivity index (χ1v) is 8.09. The molecule has 1 aliphatic heterocycles. The summed E-state index contributed by atoms with van der Waals surface area (Å²) in [6, 6.07) is 7.43. The number of aliphatic hydroxyl groups excluding tert-OH is 2. The van der Waals surface area contributed by atoms with Crippen molar-refractivity contribution in [3.05, 3.63) is 41.2 Å². The maximum absolute atomic E-state index is 12.1. The predicted octanol–water partition coefficient (Wildman–Crippen LogP) is 1.58. The predicted molar refractivity (Wildman–Crippen MR) is 89.9 cm³/mol. The van der Waals surface area contributed by atoms with Gasteiger partial charge in [-0.3, -0.25) is 0 Å². The van der Waals surface area contributed by atoms with E-state index in [2.05, 4.69) is 5.32 Å². The number of aliphatic hydroxyl groups is 2. The smallest absolute Gasteiger partial charge is 0.337 e. The molecule has 132 valence electrons. The second-order valence-electron chi connectivity index (χ2n) is 5.88. The highest BCUT2D eigenvalue weighted by Crippen LogP contribution is 2.28. The van der Waals surface area contributed by atoms with Gasteiger partial charge in [0, 0.05) is 18.5 Å². The zero-order chi connectivity index (χ0) is 17.7. The van der Waals surface area contributed by atoms with Gasteiger partial charge < -0.3 is 25.0 Å². The van der Waals surface area contributed by atoms with Crippen LogP contribution in [0.1, 0.15) is 19.4 Å². The Hall–Kier alpha value is -2.05. The minimum atomic E-state index is -0.784. The largest absolute Gasteiger partial charge is 0.512 e. The first-order valence-electron chi connectivity index (χ1n) is 8.09. The summed E-state index contributed by atoms with van der Waals surface area (Å²) in [6.07, 6.45) is -0.170. The summed E-state index contributed by atoms with van der Waals surface area (Å²) in [5.74, 6) is -0.393. The van der Waals surface area contributed by atoms with E-state index in [4.69, 9.17) is 9.47 Å². The number of hydrogen-bond acceptors (Lipinski definition) is 6. The molecule has 6 heteroatoms. The number of hydrogen-bond donors (Lipinski definition) is 3. The molecule has 6 nitrogen and oxygen atoms in total. The van der Waals surface area contributed by atoms with Crippen LogP contribution in [0, 0.1) is 5.92 Å². The van der Waals surface area contributed by atoms with Crippen LogP contribution >= 0.6 is 0 Å². The number of methoxy groups -OCH3 is 1. The Bertz CT molecular complexity index is 592. The van der Waals surface area contributed by atoms with Gasteiger partial charge >= 0.3 is 5.97 Å². The lowest BCUT2D eigenvalue weighted by Gasteiger charge is -2.21. The maximum atomic E-state index is 12.1. The van der Waals surface area contributed by atoms with E-state index < -0.39 is 18.0 Å². The number of rotatable bonds is 6. The zero-order valence-corrected chi connectivity index (χ0v) is 14.3. The Morgan fingerprint density at radius 1 is 1.33 bits per heavy atom. The molecule has 3 unspecified atom stereocenters. The lowest BCUT2D eigenvalue weighted by atomic mass is 9.90. The van der Waals surface area contributed by atoms with Gasteiger partial charge in [0.2, 0.25) is 0 Å². The third-order valence-corrected chi connectivity index (χ3v) is 4.30. The minimum absolute atomic E-state index is 0.107. The number of nitrogens with one attached hydrogen (secondary N) is 1. The van der Waals surface area contributed by atoms with E-state index in [9.17, 15) is 15.0 Å². The van der Waals surface area contributed by atoms with Gasteiger partial charge in [0.1, 0.15) is 11.5 Å². The van der Waals surface area contributed by atoms with E-state index >= 15 is 0 Å². The highest BCUT2D eigenvalue weighted by atomic mass is 16.5. The van der Waals surface area contributed by atoms with Crippen molar-refractivity contribution in [3.8, 4) is 5.75 Å². The average molecular weight is 335 g/mol. The number of allylic oxidation sites excluding steroid dienone is 1. The SMILES string of the molecule is CCOC(=O)/C(=C(/C)O)C1CNC(Cc2ccc(OC)cc2)C1O. The lowest BCUT2D eigenvalue weighted by molar-refractivity contribution is -0.139. The molecular weight excluding hydrogens is 310 g/mol. The lowest BCUT2D eigenvalue weighted by Crippen LogP contribution is -2.35. The summed E-state index contributed by atoms with van der Waals surface area (Å²) < 4.78 is 10.1. The summed E-state index contributed by atoms with van der Waals surface area (Å²) in [7, 11) is 1.61. The molecule has 0 radical (unpaired) electrons.